The number of aromatic nitrogens is 1. The SMILES string of the molecule is N#Cc1ccc(C(C(=O)Nc2ccc(Cl)cn2)C2CCC(F)(F)C2)cc1C#N. The van der Waals surface area contributed by atoms with Crippen LogP contribution in [0.25, 0.3) is 0 Å². The molecule has 1 fully saturated rings. The zero-order valence-corrected chi connectivity index (χ0v) is 15.4. The average Bonchev–Trinajstić information content (AvgIpc) is 3.03. The van der Waals surface area contributed by atoms with Crippen molar-refractivity contribution in [2.24, 2.45) is 5.92 Å². The van der Waals surface area contributed by atoms with Gasteiger partial charge in [0.2, 0.25) is 11.8 Å². The lowest BCUT2D eigenvalue weighted by molar-refractivity contribution is -0.118. The van der Waals surface area contributed by atoms with Gasteiger partial charge in [-0.05, 0) is 42.2 Å². The third-order valence-electron chi connectivity index (χ3n) is 4.82. The Hall–Kier alpha value is -3.03. The molecule has 142 valence electrons. The molecule has 3 rings (SSSR count). The number of carbonyl (C=O) groups is 1. The number of halogens is 3. The van der Waals surface area contributed by atoms with E-state index in [4.69, 9.17) is 16.9 Å². The molecule has 2 aromatic rings. The van der Waals surface area contributed by atoms with Crippen LogP contribution in [-0.4, -0.2) is 16.8 Å². The third kappa shape index (κ3) is 4.27. The Balaban J connectivity index is 1.96. The van der Waals surface area contributed by atoms with Gasteiger partial charge in [-0.1, -0.05) is 17.7 Å². The molecule has 1 aromatic heterocycles. The molecule has 1 aliphatic rings. The molecule has 1 aliphatic carbocycles. The number of nitrogens with zero attached hydrogens (tertiary/aromatic N) is 3. The van der Waals surface area contributed by atoms with Crippen LogP contribution in [0.15, 0.2) is 36.5 Å². The molecule has 5 nitrogen and oxygen atoms in total. The maximum atomic E-state index is 13.8. The Kier molecular flexibility index (Phi) is 5.58. The van der Waals surface area contributed by atoms with E-state index < -0.39 is 30.1 Å². The van der Waals surface area contributed by atoms with Crippen molar-refractivity contribution < 1.29 is 13.6 Å². The van der Waals surface area contributed by atoms with Crippen LogP contribution in [0.2, 0.25) is 5.02 Å². The average molecular weight is 401 g/mol. The molecule has 8 heteroatoms. The van der Waals surface area contributed by atoms with Gasteiger partial charge in [0.25, 0.3) is 0 Å². The van der Waals surface area contributed by atoms with Gasteiger partial charge < -0.3 is 5.32 Å². The second kappa shape index (κ2) is 7.92. The van der Waals surface area contributed by atoms with E-state index in [1.165, 1.54) is 30.5 Å². The van der Waals surface area contributed by atoms with Gasteiger partial charge in [-0.2, -0.15) is 10.5 Å². The van der Waals surface area contributed by atoms with Crippen LogP contribution in [-0.2, 0) is 4.79 Å². The molecule has 0 radical (unpaired) electrons. The summed E-state index contributed by atoms with van der Waals surface area (Å²) in [7, 11) is 0. The number of nitriles is 2. The zero-order chi connectivity index (χ0) is 20.3. The Bertz CT molecular complexity index is 979. The number of hydrogen-bond donors (Lipinski definition) is 1. The number of alkyl halides is 2. The fraction of sp³-hybridized carbons (Fsp3) is 0.300. The van der Waals surface area contributed by atoms with Crippen molar-refractivity contribution in [3.8, 4) is 12.1 Å². The molecule has 1 saturated carbocycles. The van der Waals surface area contributed by atoms with Crippen LogP contribution in [0.5, 0.6) is 0 Å². The molecule has 0 spiro atoms. The zero-order valence-electron chi connectivity index (χ0n) is 14.6. The maximum Gasteiger partial charge on any atom is 0.248 e. The minimum Gasteiger partial charge on any atom is -0.310 e. The van der Waals surface area contributed by atoms with Crippen molar-refractivity contribution in [3.05, 3.63) is 58.2 Å². The lowest BCUT2D eigenvalue weighted by Gasteiger charge is -2.23. The van der Waals surface area contributed by atoms with Gasteiger partial charge in [0.15, 0.2) is 0 Å². The highest BCUT2D eigenvalue weighted by Crippen LogP contribution is 2.46. The molecule has 0 bridgehead atoms. The molecule has 28 heavy (non-hydrogen) atoms. The van der Waals surface area contributed by atoms with Crippen molar-refractivity contribution in [2.75, 3.05) is 5.32 Å². The highest BCUT2D eigenvalue weighted by atomic mass is 35.5. The fourth-order valence-corrected chi connectivity index (χ4v) is 3.62. The van der Waals surface area contributed by atoms with Gasteiger partial charge in [0.05, 0.1) is 22.1 Å². The van der Waals surface area contributed by atoms with Crippen LogP contribution >= 0.6 is 11.6 Å². The molecule has 1 amide bonds. The van der Waals surface area contributed by atoms with Gasteiger partial charge in [-0.25, -0.2) is 13.8 Å². The molecule has 1 aromatic carbocycles. The summed E-state index contributed by atoms with van der Waals surface area (Å²) in [6, 6.07) is 11.3. The molecule has 1 N–H and O–H groups in total. The first-order chi connectivity index (χ1) is 13.3. The van der Waals surface area contributed by atoms with Crippen LogP contribution < -0.4 is 5.32 Å². The second-order valence-electron chi connectivity index (χ2n) is 6.72. The van der Waals surface area contributed by atoms with Crippen molar-refractivity contribution in [3.63, 3.8) is 0 Å². The smallest absolute Gasteiger partial charge is 0.248 e. The second-order valence-corrected chi connectivity index (χ2v) is 7.15. The lowest BCUT2D eigenvalue weighted by atomic mass is 9.83. The van der Waals surface area contributed by atoms with Crippen molar-refractivity contribution in [2.45, 2.75) is 31.1 Å². The van der Waals surface area contributed by atoms with E-state index >= 15 is 0 Å². The highest BCUT2D eigenvalue weighted by molar-refractivity contribution is 6.30. The van der Waals surface area contributed by atoms with Crippen LogP contribution in [0.1, 0.15) is 41.9 Å². The van der Waals surface area contributed by atoms with Gasteiger partial charge in [-0.3, -0.25) is 4.79 Å². The molecule has 2 atom stereocenters. The van der Waals surface area contributed by atoms with E-state index in [9.17, 15) is 18.8 Å². The van der Waals surface area contributed by atoms with Gasteiger partial charge in [-0.15, -0.1) is 0 Å². The standard InChI is InChI=1S/C20H15ClF2N4O/c21-16-3-4-17(26-11-16)27-19(28)18(13-5-6-20(22,23)8-13)12-1-2-14(9-24)15(7-12)10-25/h1-4,7,11,13,18H,5-6,8H2,(H,26,27,28). The van der Waals surface area contributed by atoms with E-state index in [-0.39, 0.29) is 29.8 Å². The number of benzene rings is 1. The molecule has 1 heterocycles. The number of anilines is 1. The summed E-state index contributed by atoms with van der Waals surface area (Å²) in [6.45, 7) is 0. The Labute approximate surface area is 165 Å². The van der Waals surface area contributed by atoms with E-state index in [1.54, 1.807) is 6.07 Å². The third-order valence-corrected chi connectivity index (χ3v) is 5.04. The van der Waals surface area contributed by atoms with E-state index in [0.717, 1.165) is 0 Å². The predicted molar refractivity (Wildman–Crippen MR) is 98.8 cm³/mol. The summed E-state index contributed by atoms with van der Waals surface area (Å²) in [5, 5.41) is 21.4. The maximum absolute atomic E-state index is 13.8. The Morgan fingerprint density at radius 1 is 1.25 bits per heavy atom. The minimum absolute atomic E-state index is 0.104. The number of pyridine rings is 1. The number of rotatable bonds is 4. The van der Waals surface area contributed by atoms with Gasteiger partial charge in [0, 0.05) is 19.0 Å². The minimum atomic E-state index is -2.83. The summed E-state index contributed by atoms with van der Waals surface area (Å²) >= 11 is 5.79. The lowest BCUT2D eigenvalue weighted by Crippen LogP contribution is -2.28. The van der Waals surface area contributed by atoms with Crippen LogP contribution in [0, 0.1) is 28.6 Å². The highest BCUT2D eigenvalue weighted by Gasteiger charge is 2.45. The van der Waals surface area contributed by atoms with Crippen molar-refractivity contribution >= 4 is 23.3 Å². The van der Waals surface area contributed by atoms with E-state index in [1.807, 2.05) is 12.1 Å². The number of carbonyl (C=O) groups excluding carboxylic acids is 1. The summed E-state index contributed by atoms with van der Waals surface area (Å²) < 4.78 is 27.6. The summed E-state index contributed by atoms with van der Waals surface area (Å²) in [6.07, 6.45) is 0.843. The number of nitrogens with one attached hydrogen (secondary N) is 1. The predicted octanol–water partition coefficient (Wildman–Crippen LogP) is 4.64. The van der Waals surface area contributed by atoms with Crippen LogP contribution in [0.3, 0.4) is 0 Å². The quantitative estimate of drug-likeness (QED) is 0.809. The summed E-state index contributed by atoms with van der Waals surface area (Å²) in [5.74, 6) is -4.57. The first kappa shape index (κ1) is 19.7. The monoisotopic (exact) mass is 400 g/mol. The van der Waals surface area contributed by atoms with Crippen LogP contribution in [0.4, 0.5) is 14.6 Å². The molecule has 2 unspecified atom stereocenters. The normalized spacial score (nSPS) is 18.7. The topological polar surface area (TPSA) is 89.6 Å². The Morgan fingerprint density at radius 2 is 2.00 bits per heavy atom. The van der Waals surface area contributed by atoms with Crippen molar-refractivity contribution in [1.82, 2.24) is 4.98 Å². The van der Waals surface area contributed by atoms with Crippen molar-refractivity contribution in [1.29, 1.82) is 10.5 Å². The first-order valence-electron chi connectivity index (χ1n) is 8.57. The largest absolute Gasteiger partial charge is 0.310 e. The van der Waals surface area contributed by atoms with Gasteiger partial charge in [0.1, 0.15) is 18.0 Å². The van der Waals surface area contributed by atoms with Gasteiger partial charge >= 0.3 is 0 Å². The first-order valence-corrected chi connectivity index (χ1v) is 8.95. The number of amides is 1. The fourth-order valence-electron chi connectivity index (χ4n) is 3.51. The van der Waals surface area contributed by atoms with E-state index in [2.05, 4.69) is 10.3 Å². The summed E-state index contributed by atoms with van der Waals surface area (Å²) in [4.78, 5) is 17.0. The molecular weight excluding hydrogens is 386 g/mol. The summed E-state index contributed by atoms with van der Waals surface area (Å²) in [5.41, 5.74) is 0.693. The molecule has 0 saturated heterocycles. The Morgan fingerprint density at radius 3 is 2.57 bits per heavy atom. The number of hydrogen-bond acceptors (Lipinski definition) is 4. The molecular formula is C20H15ClF2N4O. The molecule has 0 aliphatic heterocycles. The van der Waals surface area contributed by atoms with E-state index in [0.29, 0.717) is 10.6 Å².